The number of nitrogens with zero attached hydrogens (tertiary/aromatic N) is 1. The number of carboxylic acid groups (broad SMARTS) is 1. The third-order valence-electron chi connectivity index (χ3n) is 7.53. The first-order valence-electron chi connectivity index (χ1n) is 13.3. The van der Waals surface area contributed by atoms with Gasteiger partial charge in [-0.2, -0.15) is 0 Å². The molecular weight excluding hydrogens is 460 g/mol. The van der Waals surface area contributed by atoms with Gasteiger partial charge in [0, 0.05) is 24.7 Å². The summed E-state index contributed by atoms with van der Waals surface area (Å²) in [5.41, 5.74) is 5.16. The molecule has 2 amide bonds. The standard InChI is InChI=1S/C32H38N2O3/c1-32(2)19-17-29(18-20-32)34(31(36)37)23-25-13-15-26(16-14-25)27-11-6-12-28(22-27)30(35)33-21-7-10-24-8-4-3-5-9-24/h3-6,8-9,11-16,22,29H,7,10,17-21,23H2,1-2H3,(H,33,35)(H,36,37). The average Bonchev–Trinajstić information content (AvgIpc) is 2.91. The van der Waals surface area contributed by atoms with Crippen LogP contribution in [0, 0.1) is 5.41 Å². The van der Waals surface area contributed by atoms with Gasteiger partial charge in [0.1, 0.15) is 0 Å². The number of aryl methyl sites for hydroxylation is 1. The minimum atomic E-state index is -0.851. The van der Waals surface area contributed by atoms with Crippen molar-refractivity contribution in [1.29, 1.82) is 0 Å². The van der Waals surface area contributed by atoms with Crippen LogP contribution in [-0.2, 0) is 13.0 Å². The fourth-order valence-corrected chi connectivity index (χ4v) is 5.13. The summed E-state index contributed by atoms with van der Waals surface area (Å²) >= 11 is 0. The maximum atomic E-state index is 12.7. The molecule has 5 nitrogen and oxygen atoms in total. The highest BCUT2D eigenvalue weighted by molar-refractivity contribution is 5.95. The SMILES string of the molecule is CC1(C)CCC(N(Cc2ccc(-c3cccc(C(=O)NCCCc4ccccc4)c3)cc2)C(=O)O)CC1. The first-order valence-corrected chi connectivity index (χ1v) is 13.3. The van der Waals surface area contributed by atoms with E-state index in [1.54, 1.807) is 4.90 Å². The number of carbonyl (C=O) groups is 2. The predicted molar refractivity (Wildman–Crippen MR) is 149 cm³/mol. The zero-order chi connectivity index (χ0) is 26.3. The molecule has 0 bridgehead atoms. The Kier molecular flexibility index (Phi) is 8.65. The maximum Gasteiger partial charge on any atom is 0.407 e. The molecule has 0 spiro atoms. The normalized spacial score (nSPS) is 15.2. The number of hydrogen-bond acceptors (Lipinski definition) is 2. The van der Waals surface area contributed by atoms with Gasteiger partial charge in [0.05, 0.1) is 0 Å². The molecule has 2 N–H and O–H groups in total. The molecule has 1 aliphatic rings. The molecule has 5 heteroatoms. The van der Waals surface area contributed by atoms with Gasteiger partial charge in [-0.05, 0) is 78.3 Å². The Morgan fingerprint density at radius 2 is 1.59 bits per heavy atom. The van der Waals surface area contributed by atoms with Gasteiger partial charge in [-0.1, -0.05) is 80.6 Å². The van der Waals surface area contributed by atoms with Gasteiger partial charge >= 0.3 is 6.09 Å². The highest BCUT2D eigenvalue weighted by Gasteiger charge is 2.32. The number of nitrogens with one attached hydrogen (secondary N) is 1. The second-order valence-corrected chi connectivity index (χ2v) is 10.9. The summed E-state index contributed by atoms with van der Waals surface area (Å²) in [6.45, 7) is 5.55. The summed E-state index contributed by atoms with van der Waals surface area (Å²) in [4.78, 5) is 26.3. The van der Waals surface area contributed by atoms with E-state index in [4.69, 9.17) is 0 Å². The Bertz CT molecular complexity index is 1180. The van der Waals surface area contributed by atoms with Gasteiger partial charge in [0.15, 0.2) is 0 Å². The van der Waals surface area contributed by atoms with Crippen molar-refractivity contribution in [1.82, 2.24) is 10.2 Å². The van der Waals surface area contributed by atoms with Crippen LogP contribution >= 0.6 is 0 Å². The summed E-state index contributed by atoms with van der Waals surface area (Å²) in [7, 11) is 0. The summed E-state index contributed by atoms with van der Waals surface area (Å²) in [6.07, 6.45) is 4.91. The zero-order valence-electron chi connectivity index (χ0n) is 22.0. The molecule has 0 unspecified atom stereocenters. The number of hydrogen-bond donors (Lipinski definition) is 2. The van der Waals surface area contributed by atoms with Gasteiger partial charge in [-0.3, -0.25) is 4.79 Å². The van der Waals surface area contributed by atoms with E-state index in [0.717, 1.165) is 55.2 Å². The molecule has 0 heterocycles. The van der Waals surface area contributed by atoms with E-state index in [2.05, 4.69) is 31.3 Å². The van der Waals surface area contributed by atoms with Gasteiger partial charge in [0.2, 0.25) is 0 Å². The fraction of sp³-hybridized carbons (Fsp3) is 0.375. The molecule has 0 atom stereocenters. The minimum Gasteiger partial charge on any atom is -0.465 e. The Hall–Kier alpha value is -3.60. The van der Waals surface area contributed by atoms with E-state index in [9.17, 15) is 14.7 Å². The Labute approximate surface area is 220 Å². The summed E-state index contributed by atoms with van der Waals surface area (Å²) < 4.78 is 0. The van der Waals surface area contributed by atoms with Gasteiger partial charge in [-0.15, -0.1) is 0 Å². The highest BCUT2D eigenvalue weighted by atomic mass is 16.4. The third-order valence-corrected chi connectivity index (χ3v) is 7.53. The molecule has 0 aliphatic heterocycles. The first kappa shape index (κ1) is 26.5. The van der Waals surface area contributed by atoms with Crippen molar-refractivity contribution >= 4 is 12.0 Å². The van der Waals surface area contributed by atoms with Crippen LogP contribution in [0.5, 0.6) is 0 Å². The quantitative estimate of drug-likeness (QED) is 0.307. The van der Waals surface area contributed by atoms with Crippen LogP contribution in [0.2, 0.25) is 0 Å². The Balaban J connectivity index is 1.34. The van der Waals surface area contributed by atoms with Crippen LogP contribution in [0.25, 0.3) is 11.1 Å². The summed E-state index contributed by atoms with van der Waals surface area (Å²) in [5.74, 6) is -0.0701. The minimum absolute atomic E-state index is 0.0701. The van der Waals surface area contributed by atoms with E-state index >= 15 is 0 Å². The topological polar surface area (TPSA) is 69.6 Å². The van der Waals surface area contributed by atoms with Crippen LogP contribution < -0.4 is 5.32 Å². The van der Waals surface area contributed by atoms with E-state index in [1.165, 1.54) is 5.56 Å². The summed E-state index contributed by atoms with van der Waals surface area (Å²) in [6, 6.07) is 26.0. The van der Waals surface area contributed by atoms with Crippen molar-refractivity contribution in [3.63, 3.8) is 0 Å². The second kappa shape index (κ2) is 12.1. The molecule has 3 aromatic rings. The number of carbonyl (C=O) groups excluding carboxylic acids is 1. The summed E-state index contributed by atoms with van der Waals surface area (Å²) in [5, 5.41) is 12.9. The van der Waals surface area contributed by atoms with Gasteiger partial charge < -0.3 is 15.3 Å². The van der Waals surface area contributed by atoms with E-state index in [0.29, 0.717) is 24.1 Å². The maximum absolute atomic E-state index is 12.7. The Morgan fingerprint density at radius 1 is 0.892 bits per heavy atom. The van der Waals surface area contributed by atoms with Crippen molar-refractivity contribution in [2.75, 3.05) is 6.54 Å². The molecule has 0 saturated heterocycles. The lowest BCUT2D eigenvalue weighted by Crippen LogP contribution is -2.42. The third kappa shape index (κ3) is 7.45. The van der Waals surface area contributed by atoms with Crippen LogP contribution in [0.3, 0.4) is 0 Å². The second-order valence-electron chi connectivity index (χ2n) is 10.9. The monoisotopic (exact) mass is 498 g/mol. The van der Waals surface area contributed by atoms with Gasteiger partial charge in [0.25, 0.3) is 5.91 Å². The molecule has 0 aromatic heterocycles. The lowest BCUT2D eigenvalue weighted by atomic mass is 9.75. The van der Waals surface area contributed by atoms with E-state index in [-0.39, 0.29) is 11.9 Å². The van der Waals surface area contributed by atoms with Crippen molar-refractivity contribution < 1.29 is 14.7 Å². The van der Waals surface area contributed by atoms with Crippen molar-refractivity contribution in [3.05, 3.63) is 95.6 Å². The molecule has 3 aromatic carbocycles. The van der Waals surface area contributed by atoms with Crippen molar-refractivity contribution in [3.8, 4) is 11.1 Å². The largest absolute Gasteiger partial charge is 0.465 e. The molecule has 194 valence electrons. The molecular formula is C32H38N2O3. The molecule has 1 saturated carbocycles. The number of amides is 2. The van der Waals surface area contributed by atoms with Gasteiger partial charge in [-0.25, -0.2) is 4.79 Å². The van der Waals surface area contributed by atoms with Crippen molar-refractivity contribution in [2.45, 2.75) is 65.0 Å². The molecule has 4 rings (SSSR count). The number of rotatable bonds is 9. The lowest BCUT2D eigenvalue weighted by molar-refractivity contribution is 0.0851. The average molecular weight is 499 g/mol. The zero-order valence-corrected chi connectivity index (χ0v) is 22.0. The lowest BCUT2D eigenvalue weighted by Gasteiger charge is -2.39. The predicted octanol–water partition coefficient (Wildman–Crippen LogP) is 7.17. The number of benzene rings is 3. The molecule has 1 fully saturated rings. The van der Waals surface area contributed by atoms with Crippen molar-refractivity contribution in [2.24, 2.45) is 5.41 Å². The van der Waals surface area contributed by atoms with E-state index in [1.807, 2.05) is 66.7 Å². The van der Waals surface area contributed by atoms with Crippen LogP contribution in [0.15, 0.2) is 78.9 Å². The molecule has 37 heavy (non-hydrogen) atoms. The molecule has 0 radical (unpaired) electrons. The Morgan fingerprint density at radius 3 is 2.27 bits per heavy atom. The van der Waals surface area contributed by atoms with E-state index < -0.39 is 6.09 Å². The van der Waals surface area contributed by atoms with Crippen LogP contribution in [0.1, 0.15) is 67.4 Å². The fourth-order valence-electron chi connectivity index (χ4n) is 5.13. The first-order chi connectivity index (χ1) is 17.8. The van der Waals surface area contributed by atoms with Crippen LogP contribution in [-0.4, -0.2) is 34.6 Å². The smallest absolute Gasteiger partial charge is 0.407 e. The molecule has 1 aliphatic carbocycles. The van der Waals surface area contributed by atoms with Crippen LogP contribution in [0.4, 0.5) is 4.79 Å². The highest BCUT2D eigenvalue weighted by Crippen LogP contribution is 2.37.